The third-order valence-corrected chi connectivity index (χ3v) is 7.80. The lowest BCUT2D eigenvalue weighted by Gasteiger charge is -2.59. The van der Waals surface area contributed by atoms with Crippen LogP contribution in [0.25, 0.3) is 0 Å². The molecule has 22 heavy (non-hydrogen) atoms. The minimum absolute atomic E-state index is 0.122. The number of nitrogens with zero attached hydrogens (tertiary/aromatic N) is 1. The van der Waals surface area contributed by atoms with E-state index in [0.29, 0.717) is 18.4 Å². The van der Waals surface area contributed by atoms with Gasteiger partial charge >= 0.3 is 0 Å². The molecule has 1 amide bonds. The lowest BCUT2D eigenvalue weighted by Crippen LogP contribution is -2.60. The number of hydrogen-bond donors (Lipinski definition) is 1. The molecule has 3 aliphatic carbocycles. The first-order chi connectivity index (χ1) is 10.5. The minimum atomic E-state index is 0.122. The van der Waals surface area contributed by atoms with E-state index in [0.717, 1.165) is 43.1 Å². The van der Waals surface area contributed by atoms with Gasteiger partial charge in [0.05, 0.1) is 6.07 Å². The second-order valence-electron chi connectivity index (χ2n) is 8.50. The van der Waals surface area contributed by atoms with Gasteiger partial charge in [-0.05, 0) is 61.7 Å². The van der Waals surface area contributed by atoms with E-state index in [-0.39, 0.29) is 16.7 Å². The average molecular weight is 298 g/mol. The van der Waals surface area contributed by atoms with Gasteiger partial charge in [0, 0.05) is 23.5 Å². The molecular formula is C19H26N2O. The molecule has 0 aromatic carbocycles. The van der Waals surface area contributed by atoms with Crippen molar-refractivity contribution >= 4 is 5.91 Å². The molecule has 4 aliphatic rings. The summed E-state index contributed by atoms with van der Waals surface area (Å²) in [6.07, 6.45) is 9.76. The first kappa shape index (κ1) is 14.3. The Morgan fingerprint density at radius 2 is 2.05 bits per heavy atom. The van der Waals surface area contributed by atoms with Crippen LogP contribution in [0.3, 0.4) is 0 Å². The third-order valence-electron chi connectivity index (χ3n) is 7.80. The number of nitrogens with one attached hydrogen (secondary N) is 1. The maximum Gasteiger partial charge on any atom is 0.220 e. The molecule has 0 bridgehead atoms. The van der Waals surface area contributed by atoms with E-state index in [1.807, 2.05) is 0 Å². The van der Waals surface area contributed by atoms with Crippen molar-refractivity contribution in [2.45, 2.75) is 64.8 Å². The molecular weight excluding hydrogens is 272 g/mol. The molecule has 2 saturated carbocycles. The molecule has 0 aromatic heterocycles. The first-order valence-electron chi connectivity index (χ1n) is 8.89. The largest absolute Gasteiger partial charge is 0.353 e. The first-order valence-corrected chi connectivity index (χ1v) is 8.89. The Kier molecular flexibility index (Phi) is 2.99. The number of nitriles is 1. The van der Waals surface area contributed by atoms with Crippen LogP contribution < -0.4 is 5.32 Å². The van der Waals surface area contributed by atoms with Crippen molar-refractivity contribution in [3.05, 3.63) is 11.6 Å². The van der Waals surface area contributed by atoms with Crippen molar-refractivity contribution in [2.24, 2.45) is 28.6 Å². The third kappa shape index (κ3) is 1.70. The molecule has 3 fully saturated rings. The fraction of sp³-hybridized carbons (Fsp3) is 0.789. The van der Waals surface area contributed by atoms with Crippen LogP contribution >= 0.6 is 0 Å². The van der Waals surface area contributed by atoms with E-state index in [9.17, 15) is 10.1 Å². The summed E-state index contributed by atoms with van der Waals surface area (Å²) in [7, 11) is 0. The summed E-state index contributed by atoms with van der Waals surface area (Å²) < 4.78 is 0. The van der Waals surface area contributed by atoms with Crippen LogP contribution in [0.1, 0.15) is 58.8 Å². The zero-order valence-corrected chi connectivity index (χ0v) is 13.7. The van der Waals surface area contributed by atoms with E-state index in [4.69, 9.17) is 0 Å². The van der Waals surface area contributed by atoms with Gasteiger partial charge in [-0.15, -0.1) is 0 Å². The highest BCUT2D eigenvalue weighted by Crippen LogP contribution is 2.63. The summed E-state index contributed by atoms with van der Waals surface area (Å²) in [5.41, 5.74) is 1.44. The number of fused-ring (bicyclic) bond motifs is 5. The number of piperidine rings is 1. The lowest BCUT2D eigenvalue weighted by atomic mass is 9.47. The maximum atomic E-state index is 11.8. The van der Waals surface area contributed by atoms with Crippen molar-refractivity contribution in [3.63, 3.8) is 0 Å². The highest BCUT2D eigenvalue weighted by molar-refractivity contribution is 5.77. The Bertz CT molecular complexity index is 589. The molecule has 0 radical (unpaired) electrons. The molecule has 0 aromatic rings. The summed E-state index contributed by atoms with van der Waals surface area (Å²) in [5.74, 6) is 2.35. The summed E-state index contributed by atoms with van der Waals surface area (Å²) in [6, 6.07) is 2.85. The van der Waals surface area contributed by atoms with Gasteiger partial charge in [0.15, 0.2) is 0 Å². The van der Waals surface area contributed by atoms with Crippen LogP contribution in [-0.2, 0) is 4.79 Å². The van der Waals surface area contributed by atoms with Gasteiger partial charge in [-0.25, -0.2) is 0 Å². The second kappa shape index (κ2) is 4.60. The molecule has 6 atom stereocenters. The van der Waals surface area contributed by atoms with Crippen LogP contribution in [-0.4, -0.2) is 11.9 Å². The predicted molar refractivity (Wildman–Crippen MR) is 84.6 cm³/mol. The quantitative estimate of drug-likeness (QED) is 0.743. The topological polar surface area (TPSA) is 52.9 Å². The molecule has 3 nitrogen and oxygen atoms in total. The maximum absolute atomic E-state index is 11.8. The summed E-state index contributed by atoms with van der Waals surface area (Å²) in [4.78, 5) is 11.8. The molecule has 118 valence electrons. The Labute approximate surface area is 133 Å². The van der Waals surface area contributed by atoms with E-state index in [1.165, 1.54) is 12.8 Å². The molecule has 3 heteroatoms. The summed E-state index contributed by atoms with van der Waals surface area (Å²) in [6.45, 7) is 4.75. The molecule has 0 unspecified atom stereocenters. The zero-order chi connectivity index (χ0) is 15.5. The highest BCUT2D eigenvalue weighted by atomic mass is 16.1. The normalized spacial score (nSPS) is 50.0. The van der Waals surface area contributed by atoms with Crippen LogP contribution in [0.15, 0.2) is 11.6 Å². The molecule has 1 aliphatic heterocycles. The SMILES string of the molecule is C[C@]12CCC(=O)N[C@@H]1CC[C@@H]1[C@@H]2CC[C@]2(C)C(C#N)=CC[C@@H]12. The fourth-order valence-electron chi connectivity index (χ4n) is 6.44. The zero-order valence-electron chi connectivity index (χ0n) is 13.7. The monoisotopic (exact) mass is 298 g/mol. The number of amides is 1. The molecule has 4 rings (SSSR count). The standard InChI is InChI=1S/C19H26N2O/c1-18-9-7-15-13(14(18)5-3-12(18)11-20)4-6-16-19(15,2)10-8-17(22)21-16/h3,13-16H,4-10H2,1-2H3,(H,21,22)/t13-,14-,15-,16+,18+,19+/m0/s1. The number of allylic oxidation sites excluding steroid dienone is 2. The Morgan fingerprint density at radius 3 is 2.82 bits per heavy atom. The van der Waals surface area contributed by atoms with E-state index >= 15 is 0 Å². The minimum Gasteiger partial charge on any atom is -0.353 e. The van der Waals surface area contributed by atoms with Crippen LogP contribution in [0.2, 0.25) is 0 Å². The van der Waals surface area contributed by atoms with Gasteiger partial charge < -0.3 is 5.32 Å². The van der Waals surface area contributed by atoms with E-state index in [1.54, 1.807) is 0 Å². The van der Waals surface area contributed by atoms with Crippen molar-refractivity contribution in [3.8, 4) is 6.07 Å². The molecule has 1 heterocycles. The summed E-state index contributed by atoms with van der Waals surface area (Å²) >= 11 is 0. The van der Waals surface area contributed by atoms with Gasteiger partial charge in [0.2, 0.25) is 5.91 Å². The van der Waals surface area contributed by atoms with Gasteiger partial charge in [-0.2, -0.15) is 5.26 Å². The Balaban J connectivity index is 1.64. The van der Waals surface area contributed by atoms with Gasteiger partial charge in [-0.3, -0.25) is 4.79 Å². The van der Waals surface area contributed by atoms with Gasteiger partial charge in [0.25, 0.3) is 0 Å². The second-order valence-corrected chi connectivity index (χ2v) is 8.50. The lowest BCUT2D eigenvalue weighted by molar-refractivity contribution is -0.134. The number of hydrogen-bond acceptors (Lipinski definition) is 2. The van der Waals surface area contributed by atoms with Crippen LogP contribution in [0.4, 0.5) is 0 Å². The van der Waals surface area contributed by atoms with Crippen molar-refractivity contribution in [2.75, 3.05) is 0 Å². The van der Waals surface area contributed by atoms with Crippen LogP contribution in [0.5, 0.6) is 0 Å². The van der Waals surface area contributed by atoms with Gasteiger partial charge in [-0.1, -0.05) is 19.9 Å². The van der Waals surface area contributed by atoms with E-state index < -0.39 is 0 Å². The molecule has 0 spiro atoms. The average Bonchev–Trinajstić information content (AvgIpc) is 2.84. The predicted octanol–water partition coefficient (Wildman–Crippen LogP) is 3.57. The fourth-order valence-corrected chi connectivity index (χ4v) is 6.44. The molecule has 1 saturated heterocycles. The molecule has 1 N–H and O–H groups in total. The number of carbonyl (C=O) groups is 1. The van der Waals surface area contributed by atoms with Crippen LogP contribution in [0, 0.1) is 39.9 Å². The Hall–Kier alpha value is -1.30. The van der Waals surface area contributed by atoms with Crippen molar-refractivity contribution in [1.29, 1.82) is 5.26 Å². The summed E-state index contributed by atoms with van der Waals surface area (Å²) in [5, 5.41) is 12.7. The van der Waals surface area contributed by atoms with Crippen molar-refractivity contribution in [1.82, 2.24) is 5.32 Å². The highest BCUT2D eigenvalue weighted by Gasteiger charge is 2.58. The van der Waals surface area contributed by atoms with Crippen molar-refractivity contribution < 1.29 is 4.79 Å². The van der Waals surface area contributed by atoms with E-state index in [2.05, 4.69) is 31.3 Å². The number of carbonyl (C=O) groups excluding carboxylic acids is 1. The number of rotatable bonds is 0. The smallest absolute Gasteiger partial charge is 0.220 e. The van der Waals surface area contributed by atoms with Gasteiger partial charge in [0.1, 0.15) is 0 Å². The Morgan fingerprint density at radius 1 is 1.23 bits per heavy atom.